The van der Waals surface area contributed by atoms with Crippen LogP contribution in [0, 0.1) is 5.82 Å². The Morgan fingerprint density at radius 1 is 1.54 bits per heavy atom. The summed E-state index contributed by atoms with van der Waals surface area (Å²) in [6, 6.07) is 4.92. The molecular weight excluding hydrogens is 167 g/mol. The Balaban J connectivity index is 2.43. The van der Waals surface area contributed by atoms with Crippen LogP contribution in [0.25, 0.3) is 0 Å². The molecule has 0 bridgehead atoms. The first-order valence-corrected chi connectivity index (χ1v) is 4.29. The van der Waals surface area contributed by atoms with Crippen molar-refractivity contribution in [2.75, 3.05) is 0 Å². The summed E-state index contributed by atoms with van der Waals surface area (Å²) < 4.78 is 13.2. The fourth-order valence-electron chi connectivity index (χ4n) is 1.47. The van der Waals surface area contributed by atoms with Gasteiger partial charge in [-0.2, -0.15) is 0 Å². The van der Waals surface area contributed by atoms with Crippen molar-refractivity contribution >= 4 is 11.4 Å². The number of benzene rings is 1. The number of rotatable bonds is 1. The monoisotopic (exact) mass is 178 g/mol. The van der Waals surface area contributed by atoms with Crippen LogP contribution in [0.3, 0.4) is 0 Å². The van der Waals surface area contributed by atoms with Gasteiger partial charge in [0.15, 0.2) is 0 Å². The minimum absolute atomic E-state index is 0.0909. The summed E-state index contributed by atoms with van der Waals surface area (Å²) in [4.78, 5) is 4.17. The van der Waals surface area contributed by atoms with Gasteiger partial charge in [-0.1, -0.05) is 12.1 Å². The SMILES string of the molecule is C[C@H](N)C1=Nc2c(F)cccc2C1. The summed E-state index contributed by atoms with van der Waals surface area (Å²) in [6.45, 7) is 1.86. The summed E-state index contributed by atoms with van der Waals surface area (Å²) >= 11 is 0. The first-order valence-electron chi connectivity index (χ1n) is 4.29. The Kier molecular flexibility index (Phi) is 1.88. The van der Waals surface area contributed by atoms with Crippen LogP contribution in [-0.2, 0) is 6.42 Å². The van der Waals surface area contributed by atoms with E-state index in [-0.39, 0.29) is 11.9 Å². The first kappa shape index (κ1) is 8.38. The fraction of sp³-hybridized carbons (Fsp3) is 0.300. The first-order chi connectivity index (χ1) is 6.18. The Morgan fingerprint density at radius 2 is 2.31 bits per heavy atom. The lowest BCUT2D eigenvalue weighted by Gasteiger charge is -2.01. The molecule has 1 aliphatic rings. The van der Waals surface area contributed by atoms with E-state index < -0.39 is 0 Å². The fourth-order valence-corrected chi connectivity index (χ4v) is 1.47. The van der Waals surface area contributed by atoms with Crippen molar-refractivity contribution < 1.29 is 4.39 Å². The van der Waals surface area contributed by atoms with Crippen molar-refractivity contribution in [2.45, 2.75) is 19.4 Å². The zero-order chi connectivity index (χ0) is 9.42. The highest BCUT2D eigenvalue weighted by Gasteiger charge is 2.19. The number of hydrogen-bond donors (Lipinski definition) is 1. The highest BCUT2D eigenvalue weighted by molar-refractivity contribution is 5.97. The van der Waals surface area contributed by atoms with Gasteiger partial charge in [0.2, 0.25) is 0 Å². The minimum Gasteiger partial charge on any atom is -0.323 e. The lowest BCUT2D eigenvalue weighted by molar-refractivity contribution is 0.629. The lowest BCUT2D eigenvalue weighted by atomic mass is 10.1. The average molecular weight is 178 g/mol. The molecule has 2 nitrogen and oxygen atoms in total. The molecule has 0 saturated carbocycles. The van der Waals surface area contributed by atoms with Crippen LogP contribution < -0.4 is 5.73 Å². The number of aliphatic imine (C=N–C) groups is 1. The molecule has 0 aromatic heterocycles. The van der Waals surface area contributed by atoms with Crippen LogP contribution in [0.1, 0.15) is 12.5 Å². The number of hydrogen-bond acceptors (Lipinski definition) is 2. The molecule has 1 aliphatic heterocycles. The maximum Gasteiger partial charge on any atom is 0.149 e. The molecule has 13 heavy (non-hydrogen) atoms. The van der Waals surface area contributed by atoms with Gasteiger partial charge in [0, 0.05) is 18.2 Å². The third-order valence-electron chi connectivity index (χ3n) is 2.22. The average Bonchev–Trinajstić information content (AvgIpc) is 2.49. The third kappa shape index (κ3) is 1.35. The molecule has 68 valence electrons. The smallest absolute Gasteiger partial charge is 0.149 e. The molecule has 1 aromatic carbocycles. The molecule has 0 radical (unpaired) electrons. The van der Waals surface area contributed by atoms with Gasteiger partial charge in [-0.25, -0.2) is 4.39 Å². The van der Waals surface area contributed by atoms with Crippen LogP contribution in [0.2, 0.25) is 0 Å². The van der Waals surface area contributed by atoms with Gasteiger partial charge in [0.05, 0.1) is 0 Å². The van der Waals surface area contributed by atoms with Gasteiger partial charge in [-0.3, -0.25) is 4.99 Å². The predicted octanol–water partition coefficient (Wildman–Crippen LogP) is 1.80. The van der Waals surface area contributed by atoms with Crippen molar-refractivity contribution in [1.29, 1.82) is 0 Å². The van der Waals surface area contributed by atoms with Crippen LogP contribution in [0.4, 0.5) is 10.1 Å². The van der Waals surface area contributed by atoms with Crippen LogP contribution >= 0.6 is 0 Å². The second-order valence-corrected chi connectivity index (χ2v) is 3.32. The maximum absolute atomic E-state index is 13.2. The van der Waals surface area contributed by atoms with E-state index in [0.29, 0.717) is 12.1 Å². The number of halogens is 1. The van der Waals surface area contributed by atoms with Gasteiger partial charge < -0.3 is 5.73 Å². The highest BCUT2D eigenvalue weighted by atomic mass is 19.1. The van der Waals surface area contributed by atoms with E-state index >= 15 is 0 Å². The van der Waals surface area contributed by atoms with Crippen LogP contribution in [0.15, 0.2) is 23.2 Å². The van der Waals surface area contributed by atoms with Gasteiger partial charge in [0.1, 0.15) is 11.5 Å². The molecule has 2 rings (SSSR count). The molecule has 3 heteroatoms. The molecule has 0 spiro atoms. The van der Waals surface area contributed by atoms with Crippen molar-refractivity contribution in [3.05, 3.63) is 29.6 Å². The van der Waals surface area contributed by atoms with Crippen LogP contribution in [0.5, 0.6) is 0 Å². The molecular formula is C10H11FN2. The van der Waals surface area contributed by atoms with Gasteiger partial charge >= 0.3 is 0 Å². The summed E-state index contributed by atoms with van der Waals surface area (Å²) in [5.74, 6) is -0.256. The van der Waals surface area contributed by atoms with Gasteiger partial charge in [-0.05, 0) is 18.6 Å². The van der Waals surface area contributed by atoms with Gasteiger partial charge in [-0.15, -0.1) is 0 Å². The van der Waals surface area contributed by atoms with E-state index in [1.807, 2.05) is 13.0 Å². The zero-order valence-corrected chi connectivity index (χ0v) is 7.42. The molecule has 0 fully saturated rings. The number of para-hydroxylation sites is 1. The molecule has 0 unspecified atom stereocenters. The number of nitrogens with two attached hydrogens (primary N) is 1. The number of fused-ring (bicyclic) bond motifs is 1. The van der Waals surface area contributed by atoms with Gasteiger partial charge in [0.25, 0.3) is 0 Å². The normalized spacial score (nSPS) is 16.7. The molecule has 1 aromatic rings. The largest absolute Gasteiger partial charge is 0.323 e. The van der Waals surface area contributed by atoms with Crippen molar-refractivity contribution in [3.63, 3.8) is 0 Å². The van der Waals surface area contributed by atoms with E-state index in [1.54, 1.807) is 6.07 Å². The highest BCUT2D eigenvalue weighted by Crippen LogP contribution is 2.29. The molecule has 2 N–H and O–H groups in total. The minimum atomic E-state index is -0.256. The van der Waals surface area contributed by atoms with E-state index in [9.17, 15) is 4.39 Å². The second kappa shape index (κ2) is 2.92. The van der Waals surface area contributed by atoms with Crippen molar-refractivity contribution in [3.8, 4) is 0 Å². The number of nitrogens with zero attached hydrogens (tertiary/aromatic N) is 1. The topological polar surface area (TPSA) is 38.4 Å². The molecule has 1 heterocycles. The quantitative estimate of drug-likeness (QED) is 0.699. The van der Waals surface area contributed by atoms with E-state index in [0.717, 1.165) is 11.3 Å². The Morgan fingerprint density at radius 3 is 2.92 bits per heavy atom. The molecule has 1 atom stereocenters. The molecule has 0 aliphatic carbocycles. The standard InChI is InChI=1S/C10H11FN2/c1-6(12)9-5-7-3-2-4-8(11)10(7)13-9/h2-4,6H,5,12H2,1H3/t6-/m0/s1. The predicted molar refractivity (Wildman–Crippen MR) is 50.8 cm³/mol. The summed E-state index contributed by atoms with van der Waals surface area (Å²) in [6.07, 6.45) is 0.685. The van der Waals surface area contributed by atoms with Crippen LogP contribution in [-0.4, -0.2) is 11.8 Å². The summed E-state index contributed by atoms with van der Waals surface area (Å²) in [7, 11) is 0. The van der Waals surface area contributed by atoms with Crippen molar-refractivity contribution in [2.24, 2.45) is 10.7 Å². The Hall–Kier alpha value is -1.22. The Labute approximate surface area is 76.3 Å². The third-order valence-corrected chi connectivity index (χ3v) is 2.22. The van der Waals surface area contributed by atoms with E-state index in [1.165, 1.54) is 6.07 Å². The molecule has 0 amide bonds. The zero-order valence-electron chi connectivity index (χ0n) is 7.42. The van der Waals surface area contributed by atoms with E-state index in [2.05, 4.69) is 4.99 Å². The molecule has 0 saturated heterocycles. The van der Waals surface area contributed by atoms with Crippen molar-refractivity contribution in [1.82, 2.24) is 0 Å². The Bertz CT molecular complexity index is 369. The second-order valence-electron chi connectivity index (χ2n) is 3.32. The summed E-state index contributed by atoms with van der Waals surface area (Å²) in [5.41, 5.74) is 7.94. The van der Waals surface area contributed by atoms with E-state index in [4.69, 9.17) is 5.73 Å². The summed E-state index contributed by atoms with van der Waals surface area (Å²) in [5, 5.41) is 0. The maximum atomic E-state index is 13.2. The lowest BCUT2D eigenvalue weighted by Crippen LogP contribution is -2.26.